The van der Waals surface area contributed by atoms with Crippen molar-refractivity contribution in [2.45, 2.75) is 33.9 Å². The quantitative estimate of drug-likeness (QED) is 0.262. The average Bonchev–Trinajstić information content (AvgIpc) is 3.13. The zero-order chi connectivity index (χ0) is 23.1. The van der Waals surface area contributed by atoms with Gasteiger partial charge >= 0.3 is 0 Å². The summed E-state index contributed by atoms with van der Waals surface area (Å²) in [5.74, 6) is 1.52. The molecule has 2 N–H and O–H groups in total. The van der Waals surface area contributed by atoms with Crippen LogP contribution in [0.15, 0.2) is 53.7 Å². The SMILES string of the molecule is CCNC(=NCc1ccc(-n2nc(C)cc2C)nc1)NCc1ccc(C(=O)N(C)C)cc1.I. The van der Waals surface area contributed by atoms with E-state index in [0.29, 0.717) is 18.7 Å². The van der Waals surface area contributed by atoms with E-state index >= 15 is 0 Å². The molecule has 2 aromatic heterocycles. The number of carbonyl (C=O) groups excluding carboxylic acids is 1. The van der Waals surface area contributed by atoms with Crippen LogP contribution in [0, 0.1) is 13.8 Å². The summed E-state index contributed by atoms with van der Waals surface area (Å²) in [5, 5.41) is 11.1. The highest BCUT2D eigenvalue weighted by Gasteiger charge is 2.08. The van der Waals surface area contributed by atoms with Crippen molar-refractivity contribution in [1.82, 2.24) is 30.3 Å². The first-order valence-electron chi connectivity index (χ1n) is 10.7. The third kappa shape index (κ3) is 7.28. The van der Waals surface area contributed by atoms with Gasteiger partial charge in [0.15, 0.2) is 11.8 Å². The summed E-state index contributed by atoms with van der Waals surface area (Å²) in [6.07, 6.45) is 1.83. The second-order valence-corrected chi connectivity index (χ2v) is 7.81. The van der Waals surface area contributed by atoms with Crippen molar-refractivity contribution in [3.63, 3.8) is 0 Å². The summed E-state index contributed by atoms with van der Waals surface area (Å²) < 4.78 is 1.84. The number of guanidine groups is 1. The molecule has 0 aliphatic carbocycles. The van der Waals surface area contributed by atoms with Crippen LogP contribution in [-0.2, 0) is 13.1 Å². The first kappa shape index (κ1) is 26.3. The maximum absolute atomic E-state index is 12.0. The number of aliphatic imine (C=N–C) groups is 1. The fourth-order valence-corrected chi connectivity index (χ4v) is 3.22. The Balaban J connectivity index is 0.00000385. The molecule has 0 saturated carbocycles. The predicted molar refractivity (Wildman–Crippen MR) is 142 cm³/mol. The zero-order valence-electron chi connectivity index (χ0n) is 19.8. The molecule has 176 valence electrons. The standard InChI is InChI=1S/C24H31N7O.HI/c1-6-25-24(27-14-19-7-10-21(11-8-19)23(32)30(4)5)28-16-20-9-12-22(26-15-20)31-18(3)13-17(2)29-31;/h7-13,15H,6,14,16H2,1-5H3,(H2,25,27,28);1H. The third-order valence-corrected chi connectivity index (χ3v) is 4.87. The Morgan fingerprint density at radius 1 is 1.06 bits per heavy atom. The van der Waals surface area contributed by atoms with Gasteiger partial charge in [-0.1, -0.05) is 18.2 Å². The molecule has 1 amide bonds. The number of rotatable bonds is 7. The highest BCUT2D eigenvalue weighted by molar-refractivity contribution is 14.0. The number of nitrogens with one attached hydrogen (secondary N) is 2. The second kappa shape index (κ2) is 12.3. The Bertz CT molecular complexity index is 1070. The minimum atomic E-state index is -0.00288. The fraction of sp³-hybridized carbons (Fsp3) is 0.333. The van der Waals surface area contributed by atoms with Gasteiger partial charge in [-0.25, -0.2) is 14.7 Å². The molecule has 0 unspecified atom stereocenters. The lowest BCUT2D eigenvalue weighted by Crippen LogP contribution is -2.36. The van der Waals surface area contributed by atoms with Crippen LogP contribution >= 0.6 is 24.0 Å². The summed E-state index contributed by atoms with van der Waals surface area (Å²) in [4.78, 5) is 22.8. The minimum Gasteiger partial charge on any atom is -0.357 e. The highest BCUT2D eigenvalue weighted by atomic mass is 127. The van der Waals surface area contributed by atoms with Crippen molar-refractivity contribution in [2.75, 3.05) is 20.6 Å². The van der Waals surface area contributed by atoms with Crippen molar-refractivity contribution in [2.24, 2.45) is 4.99 Å². The Morgan fingerprint density at radius 2 is 1.76 bits per heavy atom. The molecule has 0 bridgehead atoms. The Hall–Kier alpha value is -2.95. The smallest absolute Gasteiger partial charge is 0.253 e. The summed E-state index contributed by atoms with van der Waals surface area (Å²) in [5.41, 5.74) is 4.79. The van der Waals surface area contributed by atoms with Crippen LogP contribution in [0.4, 0.5) is 0 Å². The molecule has 33 heavy (non-hydrogen) atoms. The van der Waals surface area contributed by atoms with Gasteiger partial charge < -0.3 is 15.5 Å². The number of carbonyl (C=O) groups is 1. The predicted octanol–water partition coefficient (Wildman–Crippen LogP) is 3.46. The maximum Gasteiger partial charge on any atom is 0.253 e. The number of amides is 1. The van der Waals surface area contributed by atoms with Crippen molar-refractivity contribution in [3.05, 3.63) is 76.7 Å². The van der Waals surface area contributed by atoms with E-state index in [2.05, 4.69) is 25.7 Å². The molecular formula is C24H32IN7O. The molecule has 2 heterocycles. The van der Waals surface area contributed by atoms with E-state index in [1.165, 1.54) is 0 Å². The minimum absolute atomic E-state index is 0. The lowest BCUT2D eigenvalue weighted by Gasteiger charge is -2.13. The summed E-state index contributed by atoms with van der Waals surface area (Å²) in [6.45, 7) is 7.90. The molecule has 0 aliphatic rings. The summed E-state index contributed by atoms with van der Waals surface area (Å²) in [7, 11) is 3.50. The number of nitrogens with zero attached hydrogens (tertiary/aromatic N) is 5. The number of hydrogen-bond acceptors (Lipinski definition) is 4. The molecule has 0 atom stereocenters. The van der Waals surface area contributed by atoms with Gasteiger partial charge in [-0.2, -0.15) is 5.10 Å². The number of aryl methyl sites for hydroxylation is 2. The molecule has 0 radical (unpaired) electrons. The van der Waals surface area contributed by atoms with Gasteiger partial charge in [-0.05, 0) is 56.2 Å². The van der Waals surface area contributed by atoms with Gasteiger partial charge in [0.1, 0.15) is 0 Å². The topological polar surface area (TPSA) is 87.4 Å². The first-order chi connectivity index (χ1) is 15.4. The first-order valence-corrected chi connectivity index (χ1v) is 10.7. The van der Waals surface area contributed by atoms with E-state index in [0.717, 1.165) is 40.8 Å². The number of pyridine rings is 1. The lowest BCUT2D eigenvalue weighted by molar-refractivity contribution is 0.0827. The van der Waals surface area contributed by atoms with Gasteiger partial charge in [0, 0.05) is 44.6 Å². The highest BCUT2D eigenvalue weighted by Crippen LogP contribution is 2.11. The largest absolute Gasteiger partial charge is 0.357 e. The normalized spacial score (nSPS) is 11.0. The van der Waals surface area contributed by atoms with Crippen LogP contribution in [-0.4, -0.2) is 52.2 Å². The van der Waals surface area contributed by atoms with Crippen LogP contribution in [0.25, 0.3) is 5.82 Å². The van der Waals surface area contributed by atoms with Gasteiger partial charge in [-0.3, -0.25) is 4.79 Å². The van der Waals surface area contributed by atoms with E-state index in [1.54, 1.807) is 19.0 Å². The Kier molecular flexibility index (Phi) is 9.83. The molecule has 0 fully saturated rings. The van der Waals surface area contributed by atoms with Crippen LogP contribution < -0.4 is 10.6 Å². The number of halogens is 1. The van der Waals surface area contributed by atoms with Crippen LogP contribution in [0.2, 0.25) is 0 Å². The fourth-order valence-electron chi connectivity index (χ4n) is 3.22. The van der Waals surface area contributed by atoms with E-state index < -0.39 is 0 Å². The lowest BCUT2D eigenvalue weighted by atomic mass is 10.1. The van der Waals surface area contributed by atoms with E-state index in [-0.39, 0.29) is 29.9 Å². The zero-order valence-corrected chi connectivity index (χ0v) is 22.1. The van der Waals surface area contributed by atoms with Crippen LogP contribution in [0.1, 0.15) is 39.8 Å². The molecule has 0 aliphatic heterocycles. The third-order valence-electron chi connectivity index (χ3n) is 4.87. The number of aromatic nitrogens is 3. The Morgan fingerprint density at radius 3 is 2.30 bits per heavy atom. The molecule has 3 aromatic rings. The molecule has 0 spiro atoms. The van der Waals surface area contributed by atoms with Gasteiger partial charge in [0.25, 0.3) is 5.91 Å². The number of hydrogen-bond donors (Lipinski definition) is 2. The van der Waals surface area contributed by atoms with Crippen molar-refractivity contribution < 1.29 is 4.79 Å². The number of benzene rings is 1. The molecule has 8 nitrogen and oxygen atoms in total. The molecule has 9 heteroatoms. The van der Waals surface area contributed by atoms with E-state index in [1.807, 2.05) is 74.1 Å². The van der Waals surface area contributed by atoms with E-state index in [4.69, 9.17) is 0 Å². The van der Waals surface area contributed by atoms with Crippen molar-refractivity contribution in [3.8, 4) is 5.82 Å². The van der Waals surface area contributed by atoms with Gasteiger partial charge in [-0.15, -0.1) is 24.0 Å². The maximum atomic E-state index is 12.0. The van der Waals surface area contributed by atoms with Crippen LogP contribution in [0.5, 0.6) is 0 Å². The average molecular weight is 561 g/mol. The summed E-state index contributed by atoms with van der Waals surface area (Å²) >= 11 is 0. The molecular weight excluding hydrogens is 529 g/mol. The monoisotopic (exact) mass is 561 g/mol. The molecule has 3 rings (SSSR count). The van der Waals surface area contributed by atoms with Crippen molar-refractivity contribution >= 4 is 35.8 Å². The Labute approximate surface area is 212 Å². The second-order valence-electron chi connectivity index (χ2n) is 7.81. The van der Waals surface area contributed by atoms with Gasteiger partial charge in [0.05, 0.1) is 12.2 Å². The molecule has 0 saturated heterocycles. The van der Waals surface area contributed by atoms with E-state index in [9.17, 15) is 4.79 Å². The van der Waals surface area contributed by atoms with Crippen LogP contribution in [0.3, 0.4) is 0 Å². The molecule has 1 aromatic carbocycles. The van der Waals surface area contributed by atoms with Gasteiger partial charge in [0.2, 0.25) is 0 Å². The van der Waals surface area contributed by atoms with Crippen molar-refractivity contribution in [1.29, 1.82) is 0 Å². The summed E-state index contributed by atoms with van der Waals surface area (Å²) in [6, 6.07) is 13.6.